The second-order valence-corrected chi connectivity index (χ2v) is 10.1. The fourth-order valence-corrected chi connectivity index (χ4v) is 4.79. The van der Waals surface area contributed by atoms with Gasteiger partial charge in [0.1, 0.15) is 12.4 Å². The molecule has 4 rings (SSSR count). The maximum atomic E-state index is 12.9. The van der Waals surface area contributed by atoms with E-state index in [-0.39, 0.29) is 23.0 Å². The number of amides is 2. The summed E-state index contributed by atoms with van der Waals surface area (Å²) in [6.45, 7) is 0.185. The summed E-state index contributed by atoms with van der Waals surface area (Å²) in [4.78, 5) is 38.2. The fourth-order valence-electron chi connectivity index (χ4n) is 3.32. The van der Waals surface area contributed by atoms with Crippen LogP contribution >= 0.6 is 46.0 Å². The third-order valence-corrected chi connectivity index (χ3v) is 6.99. The Morgan fingerprint density at radius 3 is 2.58 bits per heavy atom. The van der Waals surface area contributed by atoms with E-state index < -0.39 is 17.1 Å². The van der Waals surface area contributed by atoms with Crippen LogP contribution in [0.3, 0.4) is 0 Å². The van der Waals surface area contributed by atoms with Gasteiger partial charge in [-0.05, 0) is 88.0 Å². The summed E-state index contributed by atoms with van der Waals surface area (Å²) in [5.74, 6) is -0.104. The SMILES string of the molecule is COC(=O)c1ccc(CN2C(=O)S/C(=C/c3cc(Cl)c(OCc4ccc(I)cc4)c(OC)c3)C2=O)o1. The van der Waals surface area contributed by atoms with Crippen LogP contribution in [-0.2, 0) is 22.7 Å². The van der Waals surface area contributed by atoms with Crippen molar-refractivity contribution in [2.75, 3.05) is 14.2 Å². The highest BCUT2D eigenvalue weighted by molar-refractivity contribution is 14.1. The van der Waals surface area contributed by atoms with Crippen LogP contribution in [0, 0.1) is 3.57 Å². The van der Waals surface area contributed by atoms with E-state index in [0.717, 1.165) is 25.8 Å². The molecule has 36 heavy (non-hydrogen) atoms. The van der Waals surface area contributed by atoms with E-state index in [1.165, 1.54) is 26.4 Å². The van der Waals surface area contributed by atoms with Crippen molar-refractivity contribution in [2.24, 2.45) is 0 Å². The molecule has 2 heterocycles. The second-order valence-electron chi connectivity index (χ2n) is 7.47. The van der Waals surface area contributed by atoms with Gasteiger partial charge in [-0.3, -0.25) is 14.5 Å². The number of benzene rings is 2. The van der Waals surface area contributed by atoms with Gasteiger partial charge in [-0.25, -0.2) is 4.79 Å². The van der Waals surface area contributed by atoms with Crippen molar-refractivity contribution in [3.8, 4) is 11.5 Å². The first-order valence-electron chi connectivity index (χ1n) is 10.5. The predicted molar refractivity (Wildman–Crippen MR) is 143 cm³/mol. The highest BCUT2D eigenvalue weighted by Gasteiger charge is 2.36. The van der Waals surface area contributed by atoms with E-state index in [1.807, 2.05) is 24.3 Å². The number of halogens is 2. The van der Waals surface area contributed by atoms with Gasteiger partial charge in [0.05, 0.1) is 30.7 Å². The van der Waals surface area contributed by atoms with Crippen LogP contribution in [0.25, 0.3) is 6.08 Å². The van der Waals surface area contributed by atoms with Gasteiger partial charge in [-0.1, -0.05) is 23.7 Å². The molecule has 11 heteroatoms. The Kier molecular flexibility index (Phi) is 8.27. The zero-order valence-corrected chi connectivity index (χ0v) is 22.8. The van der Waals surface area contributed by atoms with Gasteiger partial charge in [0, 0.05) is 3.57 Å². The van der Waals surface area contributed by atoms with Gasteiger partial charge >= 0.3 is 5.97 Å². The zero-order valence-electron chi connectivity index (χ0n) is 19.1. The van der Waals surface area contributed by atoms with Crippen molar-refractivity contribution < 1.29 is 33.0 Å². The first-order valence-corrected chi connectivity index (χ1v) is 12.7. The molecular formula is C25H19ClINO7S. The minimum absolute atomic E-state index is 0.0129. The Bertz CT molecular complexity index is 1350. The monoisotopic (exact) mass is 639 g/mol. The van der Waals surface area contributed by atoms with Gasteiger partial charge in [0.15, 0.2) is 11.5 Å². The molecule has 8 nitrogen and oxygen atoms in total. The average Bonchev–Trinajstić information content (AvgIpc) is 3.44. The van der Waals surface area contributed by atoms with Crippen molar-refractivity contribution in [1.29, 1.82) is 0 Å². The van der Waals surface area contributed by atoms with Crippen molar-refractivity contribution in [3.05, 3.63) is 84.7 Å². The number of methoxy groups -OCH3 is 2. The second kappa shape index (κ2) is 11.4. The number of nitrogens with zero attached hydrogens (tertiary/aromatic N) is 1. The number of furan rings is 1. The maximum absolute atomic E-state index is 12.9. The molecule has 0 spiro atoms. The Morgan fingerprint density at radius 1 is 1.14 bits per heavy atom. The Labute approximate surface area is 229 Å². The molecule has 3 aromatic rings. The molecule has 1 aromatic heterocycles. The first-order chi connectivity index (χ1) is 17.3. The molecule has 0 unspecified atom stereocenters. The summed E-state index contributed by atoms with van der Waals surface area (Å²) in [5, 5.41) is -0.158. The minimum atomic E-state index is -0.646. The van der Waals surface area contributed by atoms with E-state index in [9.17, 15) is 14.4 Å². The number of thioether (sulfide) groups is 1. The quantitative estimate of drug-likeness (QED) is 0.165. The third-order valence-electron chi connectivity index (χ3n) is 5.08. The molecule has 1 aliphatic rings. The lowest BCUT2D eigenvalue weighted by atomic mass is 10.1. The number of imide groups is 1. The van der Waals surface area contributed by atoms with E-state index in [4.69, 9.17) is 25.5 Å². The minimum Gasteiger partial charge on any atom is -0.493 e. The van der Waals surface area contributed by atoms with E-state index in [1.54, 1.807) is 18.2 Å². The molecule has 1 fully saturated rings. The third kappa shape index (κ3) is 5.88. The van der Waals surface area contributed by atoms with Crippen LogP contribution in [0.15, 0.2) is 57.9 Å². The molecule has 0 radical (unpaired) electrons. The zero-order chi connectivity index (χ0) is 25.8. The highest BCUT2D eigenvalue weighted by atomic mass is 127. The summed E-state index contributed by atoms with van der Waals surface area (Å²) in [6, 6.07) is 14.1. The summed E-state index contributed by atoms with van der Waals surface area (Å²) >= 11 is 9.50. The number of carbonyl (C=O) groups excluding carboxylic acids is 3. The number of carbonyl (C=O) groups is 3. The molecule has 186 valence electrons. The predicted octanol–water partition coefficient (Wildman–Crippen LogP) is 6.15. The Balaban J connectivity index is 1.50. The number of rotatable bonds is 8. The standard InChI is InChI=1S/C25H19ClINO7S/c1-32-20-10-15(9-18(26)22(20)34-13-14-3-5-16(27)6-4-14)11-21-23(29)28(25(31)36-21)12-17-7-8-19(35-17)24(30)33-2/h3-11H,12-13H2,1-2H3/b21-11+. The van der Waals surface area contributed by atoms with Gasteiger partial charge < -0.3 is 18.6 Å². The van der Waals surface area contributed by atoms with Crippen LogP contribution < -0.4 is 9.47 Å². The van der Waals surface area contributed by atoms with E-state index >= 15 is 0 Å². The van der Waals surface area contributed by atoms with Crippen molar-refractivity contribution in [2.45, 2.75) is 13.2 Å². The molecule has 1 saturated heterocycles. The van der Waals surface area contributed by atoms with Gasteiger partial charge in [-0.2, -0.15) is 0 Å². The summed E-state index contributed by atoms with van der Waals surface area (Å²) in [6.07, 6.45) is 1.56. The lowest BCUT2D eigenvalue weighted by Crippen LogP contribution is -2.27. The number of hydrogen-bond acceptors (Lipinski definition) is 8. The average molecular weight is 640 g/mol. The molecule has 0 atom stereocenters. The van der Waals surface area contributed by atoms with Gasteiger partial charge in [-0.15, -0.1) is 0 Å². The number of esters is 1. The van der Waals surface area contributed by atoms with E-state index in [0.29, 0.717) is 28.7 Å². The van der Waals surface area contributed by atoms with Gasteiger partial charge in [0.2, 0.25) is 5.76 Å². The van der Waals surface area contributed by atoms with E-state index in [2.05, 4.69) is 27.3 Å². The van der Waals surface area contributed by atoms with Crippen LogP contribution in [0.2, 0.25) is 5.02 Å². The Morgan fingerprint density at radius 2 is 1.89 bits per heavy atom. The summed E-state index contributed by atoms with van der Waals surface area (Å²) in [7, 11) is 2.72. The van der Waals surface area contributed by atoms with Crippen LogP contribution in [0.1, 0.15) is 27.4 Å². The molecule has 0 aliphatic carbocycles. The maximum Gasteiger partial charge on any atom is 0.373 e. The molecule has 0 N–H and O–H groups in total. The highest BCUT2D eigenvalue weighted by Crippen LogP contribution is 2.39. The fraction of sp³-hybridized carbons (Fsp3) is 0.160. The van der Waals surface area contributed by atoms with Crippen molar-refractivity contribution in [1.82, 2.24) is 4.90 Å². The molecular weight excluding hydrogens is 621 g/mol. The molecule has 2 aromatic carbocycles. The topological polar surface area (TPSA) is 95.3 Å². The molecule has 1 aliphatic heterocycles. The lowest BCUT2D eigenvalue weighted by molar-refractivity contribution is -0.123. The van der Waals surface area contributed by atoms with Gasteiger partial charge in [0.25, 0.3) is 11.1 Å². The molecule has 0 bridgehead atoms. The molecule has 0 saturated carbocycles. The number of hydrogen-bond donors (Lipinski definition) is 0. The summed E-state index contributed by atoms with van der Waals surface area (Å²) < 4.78 is 22.5. The number of ether oxygens (including phenoxy) is 3. The summed E-state index contributed by atoms with van der Waals surface area (Å²) in [5.41, 5.74) is 1.54. The normalized spacial score (nSPS) is 14.4. The molecule has 2 amide bonds. The van der Waals surface area contributed by atoms with Crippen LogP contribution in [0.5, 0.6) is 11.5 Å². The van der Waals surface area contributed by atoms with Crippen LogP contribution in [-0.4, -0.2) is 36.2 Å². The van der Waals surface area contributed by atoms with Crippen molar-refractivity contribution in [3.63, 3.8) is 0 Å². The smallest absolute Gasteiger partial charge is 0.373 e. The lowest BCUT2D eigenvalue weighted by Gasteiger charge is -2.14. The van der Waals surface area contributed by atoms with Crippen molar-refractivity contribution >= 4 is 69.1 Å². The largest absolute Gasteiger partial charge is 0.493 e. The van der Waals surface area contributed by atoms with Crippen LogP contribution in [0.4, 0.5) is 4.79 Å². The first kappa shape index (κ1) is 26.1. The Hall–Kier alpha value is -2.96.